The van der Waals surface area contributed by atoms with Gasteiger partial charge in [0.15, 0.2) is 0 Å². The van der Waals surface area contributed by atoms with Crippen molar-refractivity contribution in [3.05, 3.63) is 70.8 Å². The molecule has 2 aromatic rings. The zero-order chi connectivity index (χ0) is 18.7. The van der Waals surface area contributed by atoms with E-state index in [0.717, 1.165) is 35.7 Å². The van der Waals surface area contributed by atoms with Crippen molar-refractivity contribution in [2.45, 2.75) is 26.4 Å². The summed E-state index contributed by atoms with van der Waals surface area (Å²) in [5.41, 5.74) is 1.46. The fraction of sp³-hybridized carbons (Fsp3) is 0.300. The van der Waals surface area contributed by atoms with E-state index in [1.165, 1.54) is 0 Å². The molecule has 136 valence electrons. The zero-order valence-corrected chi connectivity index (χ0v) is 14.4. The van der Waals surface area contributed by atoms with Gasteiger partial charge in [-0.3, -0.25) is 9.59 Å². The fourth-order valence-corrected chi connectivity index (χ4v) is 2.73. The first-order valence-electron chi connectivity index (χ1n) is 8.53. The van der Waals surface area contributed by atoms with E-state index in [2.05, 4.69) is 17.6 Å². The van der Waals surface area contributed by atoms with E-state index < -0.39 is 17.5 Å². The predicted octanol–water partition coefficient (Wildman–Crippen LogP) is 3.17. The van der Waals surface area contributed by atoms with E-state index in [0.29, 0.717) is 12.5 Å². The fourth-order valence-electron chi connectivity index (χ4n) is 2.73. The maximum absolute atomic E-state index is 13.6. The van der Waals surface area contributed by atoms with Gasteiger partial charge in [-0.1, -0.05) is 31.2 Å². The topological polar surface area (TPSA) is 58.2 Å². The van der Waals surface area contributed by atoms with Gasteiger partial charge in [0.1, 0.15) is 11.6 Å². The zero-order valence-electron chi connectivity index (χ0n) is 14.4. The summed E-state index contributed by atoms with van der Waals surface area (Å²) in [4.78, 5) is 23.8. The highest BCUT2D eigenvalue weighted by Crippen LogP contribution is 2.37. The summed E-state index contributed by atoms with van der Waals surface area (Å²) in [6, 6.07) is 10.1. The number of halogens is 2. The Morgan fingerprint density at radius 1 is 1.00 bits per heavy atom. The highest BCUT2D eigenvalue weighted by molar-refractivity contribution is 5.94. The molecule has 0 bridgehead atoms. The molecule has 0 radical (unpaired) electrons. The lowest BCUT2D eigenvalue weighted by molar-refractivity contribution is -0.122. The Hall–Kier alpha value is -2.76. The smallest absolute Gasteiger partial charge is 0.254 e. The predicted molar refractivity (Wildman–Crippen MR) is 93.1 cm³/mol. The summed E-state index contributed by atoms with van der Waals surface area (Å²) in [5.74, 6) is -1.39. The molecule has 1 saturated carbocycles. The Bertz CT molecular complexity index is 821. The molecule has 2 N–H and O–H groups in total. The maximum Gasteiger partial charge on any atom is 0.254 e. The molecule has 0 saturated heterocycles. The van der Waals surface area contributed by atoms with Gasteiger partial charge in [0.2, 0.25) is 5.91 Å². The normalized spacial score (nSPS) is 18.3. The van der Waals surface area contributed by atoms with Crippen LogP contribution in [0.4, 0.5) is 8.78 Å². The maximum atomic E-state index is 13.6. The number of carbonyl (C=O) groups excluding carboxylic acids is 2. The molecule has 1 aliphatic carbocycles. The Balaban J connectivity index is 1.50. The molecular formula is C20H20F2N2O2. The second-order valence-corrected chi connectivity index (χ2v) is 6.66. The summed E-state index contributed by atoms with van der Waals surface area (Å²) < 4.78 is 26.7. The summed E-state index contributed by atoms with van der Waals surface area (Å²) in [6.45, 7) is 2.72. The van der Waals surface area contributed by atoms with Crippen LogP contribution in [0.25, 0.3) is 0 Å². The molecule has 1 aliphatic rings. The number of carbonyl (C=O) groups is 2. The molecule has 0 unspecified atom stereocenters. The standard InChI is InChI=1S/C20H20F2N2O2/c1-12-8-16(12)19(25)23-10-13-2-4-14(5-3-13)11-24-20(26)17-9-15(21)6-7-18(17)22/h2-7,9,12,16H,8,10-11H2,1H3,(H,23,25)(H,24,26)/t12-,16-/m0/s1. The van der Waals surface area contributed by atoms with Gasteiger partial charge in [-0.15, -0.1) is 0 Å². The quantitative estimate of drug-likeness (QED) is 0.833. The van der Waals surface area contributed by atoms with Gasteiger partial charge in [-0.25, -0.2) is 8.78 Å². The number of rotatable bonds is 6. The molecule has 2 atom stereocenters. The van der Waals surface area contributed by atoms with Gasteiger partial charge in [0.25, 0.3) is 5.91 Å². The van der Waals surface area contributed by atoms with Gasteiger partial charge >= 0.3 is 0 Å². The average molecular weight is 358 g/mol. The lowest BCUT2D eigenvalue weighted by atomic mass is 10.1. The minimum Gasteiger partial charge on any atom is -0.352 e. The number of amides is 2. The lowest BCUT2D eigenvalue weighted by Gasteiger charge is -2.08. The third-order valence-electron chi connectivity index (χ3n) is 4.56. The van der Waals surface area contributed by atoms with Gasteiger partial charge in [0.05, 0.1) is 5.56 Å². The van der Waals surface area contributed by atoms with Crippen molar-refractivity contribution in [3.63, 3.8) is 0 Å². The first-order valence-corrected chi connectivity index (χ1v) is 8.53. The SMILES string of the molecule is C[C@H]1C[C@@H]1C(=O)NCc1ccc(CNC(=O)c2cc(F)ccc2F)cc1. The van der Waals surface area contributed by atoms with Crippen molar-refractivity contribution in [1.82, 2.24) is 10.6 Å². The number of hydrogen-bond acceptors (Lipinski definition) is 2. The molecule has 0 heterocycles. The van der Waals surface area contributed by atoms with Crippen LogP contribution in [-0.2, 0) is 17.9 Å². The highest BCUT2D eigenvalue weighted by atomic mass is 19.1. The largest absolute Gasteiger partial charge is 0.352 e. The second-order valence-electron chi connectivity index (χ2n) is 6.66. The van der Waals surface area contributed by atoms with Crippen molar-refractivity contribution in [1.29, 1.82) is 0 Å². The van der Waals surface area contributed by atoms with Gasteiger partial charge in [-0.05, 0) is 41.7 Å². The molecule has 2 aromatic carbocycles. The Kier molecular flexibility index (Phi) is 5.30. The molecule has 4 nitrogen and oxygen atoms in total. The van der Waals surface area contributed by atoms with Crippen molar-refractivity contribution in [3.8, 4) is 0 Å². The lowest BCUT2D eigenvalue weighted by Crippen LogP contribution is -2.25. The van der Waals surface area contributed by atoms with Crippen LogP contribution in [0.15, 0.2) is 42.5 Å². The molecule has 2 amide bonds. The van der Waals surface area contributed by atoms with Crippen LogP contribution >= 0.6 is 0 Å². The molecule has 0 spiro atoms. The molecule has 0 aliphatic heterocycles. The number of hydrogen-bond donors (Lipinski definition) is 2. The average Bonchev–Trinajstić information content (AvgIpc) is 3.37. The van der Waals surface area contributed by atoms with Gasteiger partial charge in [-0.2, -0.15) is 0 Å². The summed E-state index contributed by atoms with van der Waals surface area (Å²) in [5, 5.41) is 5.47. The third-order valence-corrected chi connectivity index (χ3v) is 4.56. The van der Waals surface area contributed by atoms with Crippen LogP contribution in [0.1, 0.15) is 34.8 Å². The Morgan fingerprint density at radius 3 is 2.15 bits per heavy atom. The van der Waals surface area contributed by atoms with Gasteiger partial charge in [0, 0.05) is 19.0 Å². The minimum absolute atomic E-state index is 0.0889. The summed E-state index contributed by atoms with van der Waals surface area (Å²) in [7, 11) is 0. The van der Waals surface area contributed by atoms with Crippen molar-refractivity contribution < 1.29 is 18.4 Å². The summed E-state index contributed by atoms with van der Waals surface area (Å²) >= 11 is 0. The molecular weight excluding hydrogens is 338 g/mol. The van der Waals surface area contributed by atoms with Crippen molar-refractivity contribution >= 4 is 11.8 Å². The van der Waals surface area contributed by atoms with Gasteiger partial charge < -0.3 is 10.6 Å². The van der Waals surface area contributed by atoms with Crippen LogP contribution in [0, 0.1) is 23.5 Å². The molecule has 0 aromatic heterocycles. The Labute approximate surface area is 150 Å². The molecule has 6 heteroatoms. The van der Waals surface area contributed by atoms with E-state index in [4.69, 9.17) is 0 Å². The highest BCUT2D eigenvalue weighted by Gasteiger charge is 2.38. The van der Waals surface area contributed by atoms with Crippen LogP contribution in [0.2, 0.25) is 0 Å². The first kappa shape index (κ1) is 18.0. The van der Waals surface area contributed by atoms with E-state index in [1.807, 2.05) is 24.3 Å². The molecule has 26 heavy (non-hydrogen) atoms. The van der Waals surface area contributed by atoms with E-state index in [1.54, 1.807) is 0 Å². The third kappa shape index (κ3) is 4.45. The summed E-state index contributed by atoms with van der Waals surface area (Å²) in [6.07, 6.45) is 0.955. The van der Waals surface area contributed by atoms with Crippen LogP contribution in [0.5, 0.6) is 0 Å². The minimum atomic E-state index is -0.764. The monoisotopic (exact) mass is 358 g/mol. The first-order chi connectivity index (χ1) is 12.4. The van der Waals surface area contributed by atoms with E-state index in [9.17, 15) is 18.4 Å². The number of nitrogens with one attached hydrogen (secondary N) is 2. The van der Waals surface area contributed by atoms with Crippen molar-refractivity contribution in [2.24, 2.45) is 11.8 Å². The van der Waals surface area contributed by atoms with Crippen LogP contribution < -0.4 is 10.6 Å². The van der Waals surface area contributed by atoms with Crippen molar-refractivity contribution in [2.75, 3.05) is 0 Å². The molecule has 1 fully saturated rings. The second kappa shape index (κ2) is 7.64. The van der Waals surface area contributed by atoms with E-state index >= 15 is 0 Å². The van der Waals surface area contributed by atoms with Crippen LogP contribution in [0.3, 0.4) is 0 Å². The van der Waals surface area contributed by atoms with Crippen LogP contribution in [-0.4, -0.2) is 11.8 Å². The number of benzene rings is 2. The molecule has 3 rings (SSSR count). The van der Waals surface area contributed by atoms with E-state index in [-0.39, 0.29) is 23.9 Å². The Morgan fingerprint density at radius 2 is 1.58 bits per heavy atom.